The summed E-state index contributed by atoms with van der Waals surface area (Å²) < 4.78 is 18.3. The first kappa shape index (κ1) is 16.5. The number of halogens is 1. The van der Waals surface area contributed by atoms with E-state index in [1.807, 2.05) is 19.1 Å². The monoisotopic (exact) mass is 311 g/mol. The molecule has 2 rings (SSSR count). The van der Waals surface area contributed by atoms with Gasteiger partial charge in [0.25, 0.3) is 5.91 Å². The molecule has 0 saturated heterocycles. The SMILES string of the molecule is C=C/C=C(\C=C(/C)NC(=O)c1ccco1)c1ccc(F)cc1C. The van der Waals surface area contributed by atoms with Gasteiger partial charge in [-0.2, -0.15) is 0 Å². The third-order valence-electron chi connectivity index (χ3n) is 3.22. The number of aryl methyl sites for hydroxylation is 1. The van der Waals surface area contributed by atoms with Gasteiger partial charge in [0.05, 0.1) is 6.26 Å². The number of carbonyl (C=O) groups is 1. The van der Waals surface area contributed by atoms with Crippen molar-refractivity contribution in [3.8, 4) is 0 Å². The molecule has 0 atom stereocenters. The summed E-state index contributed by atoms with van der Waals surface area (Å²) in [5, 5.41) is 2.75. The Balaban J connectivity index is 2.26. The zero-order valence-corrected chi connectivity index (χ0v) is 13.1. The Morgan fingerprint density at radius 1 is 1.35 bits per heavy atom. The van der Waals surface area contributed by atoms with E-state index in [2.05, 4.69) is 11.9 Å². The number of amides is 1. The van der Waals surface area contributed by atoms with Crippen LogP contribution in [-0.4, -0.2) is 5.91 Å². The Morgan fingerprint density at radius 2 is 2.13 bits per heavy atom. The molecule has 0 unspecified atom stereocenters. The summed E-state index contributed by atoms with van der Waals surface area (Å²) in [6, 6.07) is 7.82. The van der Waals surface area contributed by atoms with E-state index >= 15 is 0 Å². The predicted molar refractivity (Wildman–Crippen MR) is 89.2 cm³/mol. The fraction of sp³-hybridized carbons (Fsp3) is 0.105. The zero-order chi connectivity index (χ0) is 16.8. The van der Waals surface area contributed by atoms with Crippen molar-refractivity contribution in [3.05, 3.63) is 89.8 Å². The van der Waals surface area contributed by atoms with Crippen molar-refractivity contribution in [1.29, 1.82) is 0 Å². The zero-order valence-electron chi connectivity index (χ0n) is 13.1. The van der Waals surface area contributed by atoms with Gasteiger partial charge in [-0.3, -0.25) is 4.79 Å². The van der Waals surface area contributed by atoms with E-state index in [4.69, 9.17) is 4.42 Å². The van der Waals surface area contributed by atoms with Crippen LogP contribution in [0.15, 0.2) is 71.5 Å². The highest BCUT2D eigenvalue weighted by molar-refractivity contribution is 5.93. The Labute approximate surface area is 134 Å². The van der Waals surface area contributed by atoms with Gasteiger partial charge >= 0.3 is 0 Å². The highest BCUT2D eigenvalue weighted by Gasteiger charge is 2.09. The third kappa shape index (κ3) is 4.30. The maximum Gasteiger partial charge on any atom is 0.291 e. The molecule has 0 radical (unpaired) electrons. The molecule has 3 nitrogen and oxygen atoms in total. The van der Waals surface area contributed by atoms with Gasteiger partial charge < -0.3 is 9.73 Å². The lowest BCUT2D eigenvalue weighted by Crippen LogP contribution is -2.20. The van der Waals surface area contributed by atoms with Crippen LogP contribution in [0.25, 0.3) is 5.57 Å². The molecule has 0 aliphatic heterocycles. The number of furan rings is 1. The molecule has 0 spiro atoms. The quantitative estimate of drug-likeness (QED) is 0.818. The van der Waals surface area contributed by atoms with Gasteiger partial charge in [0.1, 0.15) is 5.82 Å². The van der Waals surface area contributed by atoms with Crippen LogP contribution in [0, 0.1) is 12.7 Å². The van der Waals surface area contributed by atoms with Gasteiger partial charge in [0.2, 0.25) is 0 Å². The lowest BCUT2D eigenvalue weighted by Gasteiger charge is -2.09. The molecule has 1 amide bonds. The number of hydrogen-bond acceptors (Lipinski definition) is 2. The molecule has 23 heavy (non-hydrogen) atoms. The molecule has 1 heterocycles. The smallest absolute Gasteiger partial charge is 0.291 e. The van der Waals surface area contributed by atoms with Crippen molar-refractivity contribution in [2.24, 2.45) is 0 Å². The maximum absolute atomic E-state index is 13.3. The largest absolute Gasteiger partial charge is 0.459 e. The van der Waals surface area contributed by atoms with Crippen LogP contribution >= 0.6 is 0 Å². The van der Waals surface area contributed by atoms with Crippen LogP contribution in [0.5, 0.6) is 0 Å². The lowest BCUT2D eigenvalue weighted by atomic mass is 9.99. The Morgan fingerprint density at radius 3 is 2.74 bits per heavy atom. The van der Waals surface area contributed by atoms with Crippen LogP contribution in [0.3, 0.4) is 0 Å². The van der Waals surface area contributed by atoms with Crippen molar-refractivity contribution in [2.45, 2.75) is 13.8 Å². The van der Waals surface area contributed by atoms with E-state index in [1.165, 1.54) is 18.4 Å². The fourth-order valence-electron chi connectivity index (χ4n) is 2.21. The molecule has 0 bridgehead atoms. The summed E-state index contributed by atoms with van der Waals surface area (Å²) in [7, 11) is 0. The van der Waals surface area contributed by atoms with Crippen LogP contribution < -0.4 is 5.32 Å². The highest BCUT2D eigenvalue weighted by atomic mass is 19.1. The number of nitrogens with one attached hydrogen (secondary N) is 1. The fourth-order valence-corrected chi connectivity index (χ4v) is 2.21. The number of allylic oxidation sites excluding steroid dienone is 5. The normalized spacial score (nSPS) is 12.1. The van der Waals surface area contributed by atoms with E-state index in [-0.39, 0.29) is 17.5 Å². The molecule has 2 aromatic rings. The maximum atomic E-state index is 13.3. The van der Waals surface area contributed by atoms with E-state index in [9.17, 15) is 9.18 Å². The minimum atomic E-state index is -0.322. The summed E-state index contributed by atoms with van der Waals surface area (Å²) >= 11 is 0. The number of benzene rings is 1. The average Bonchev–Trinajstić information content (AvgIpc) is 3.01. The summed E-state index contributed by atoms with van der Waals surface area (Å²) in [6.45, 7) is 7.31. The molecule has 0 aliphatic carbocycles. The van der Waals surface area contributed by atoms with E-state index in [0.29, 0.717) is 5.70 Å². The van der Waals surface area contributed by atoms with Crippen molar-refractivity contribution >= 4 is 11.5 Å². The first-order valence-electron chi connectivity index (χ1n) is 7.13. The van der Waals surface area contributed by atoms with E-state index in [0.717, 1.165) is 16.7 Å². The predicted octanol–water partition coefficient (Wildman–Crippen LogP) is 4.63. The second-order valence-electron chi connectivity index (χ2n) is 5.08. The minimum Gasteiger partial charge on any atom is -0.459 e. The van der Waals surface area contributed by atoms with Crippen molar-refractivity contribution in [3.63, 3.8) is 0 Å². The molecule has 0 fully saturated rings. The van der Waals surface area contributed by atoms with Gasteiger partial charge in [-0.15, -0.1) is 0 Å². The standard InChI is InChI=1S/C19H18FNO2/c1-4-6-15(17-9-8-16(20)11-13(17)2)12-14(3)21-19(22)18-7-5-10-23-18/h4-12H,1H2,2-3H3,(H,21,22)/b14-12+,15-6+. The van der Waals surface area contributed by atoms with Crippen LogP contribution in [-0.2, 0) is 0 Å². The molecule has 118 valence electrons. The Hall–Kier alpha value is -2.88. The highest BCUT2D eigenvalue weighted by Crippen LogP contribution is 2.22. The molecule has 0 aliphatic rings. The van der Waals surface area contributed by atoms with Gasteiger partial charge in [-0.1, -0.05) is 24.8 Å². The van der Waals surface area contributed by atoms with Crippen LogP contribution in [0.1, 0.15) is 28.6 Å². The average molecular weight is 311 g/mol. The lowest BCUT2D eigenvalue weighted by molar-refractivity contribution is 0.0938. The van der Waals surface area contributed by atoms with Gasteiger partial charge in [0, 0.05) is 5.70 Å². The molecule has 1 aromatic heterocycles. The number of hydrogen-bond donors (Lipinski definition) is 1. The Bertz CT molecular complexity index is 771. The molecule has 1 aromatic carbocycles. The topological polar surface area (TPSA) is 42.2 Å². The van der Waals surface area contributed by atoms with Crippen molar-refractivity contribution < 1.29 is 13.6 Å². The van der Waals surface area contributed by atoms with Gasteiger partial charge in [0.15, 0.2) is 5.76 Å². The second-order valence-corrected chi connectivity index (χ2v) is 5.08. The summed E-state index contributed by atoms with van der Waals surface area (Å²) in [6.07, 6.45) is 6.71. The van der Waals surface area contributed by atoms with Crippen LogP contribution in [0.4, 0.5) is 4.39 Å². The molecule has 0 saturated carbocycles. The van der Waals surface area contributed by atoms with E-state index < -0.39 is 0 Å². The van der Waals surface area contributed by atoms with E-state index in [1.54, 1.807) is 31.2 Å². The molecular weight excluding hydrogens is 293 g/mol. The second kappa shape index (κ2) is 7.40. The van der Waals surface area contributed by atoms with Gasteiger partial charge in [-0.05, 0) is 60.9 Å². The molecule has 1 N–H and O–H groups in total. The van der Waals surface area contributed by atoms with Gasteiger partial charge in [-0.25, -0.2) is 4.39 Å². The summed E-state index contributed by atoms with van der Waals surface area (Å²) in [4.78, 5) is 12.0. The van der Waals surface area contributed by atoms with Crippen LogP contribution in [0.2, 0.25) is 0 Å². The van der Waals surface area contributed by atoms with Crippen molar-refractivity contribution in [2.75, 3.05) is 0 Å². The number of rotatable bonds is 5. The first-order valence-corrected chi connectivity index (χ1v) is 7.13. The minimum absolute atomic E-state index is 0.241. The first-order chi connectivity index (χ1) is 11.0. The summed E-state index contributed by atoms with van der Waals surface area (Å²) in [5.74, 6) is -0.362. The number of carbonyl (C=O) groups excluding carboxylic acids is 1. The third-order valence-corrected chi connectivity index (χ3v) is 3.22. The molecule has 4 heteroatoms. The summed E-state index contributed by atoms with van der Waals surface area (Å²) in [5.41, 5.74) is 3.15. The Kier molecular flexibility index (Phi) is 5.31. The molecular formula is C19H18FNO2. The van der Waals surface area contributed by atoms with Crippen molar-refractivity contribution in [1.82, 2.24) is 5.32 Å².